The molecule has 0 amide bonds. The van der Waals surface area contributed by atoms with Gasteiger partial charge in [-0.2, -0.15) is 0 Å². The standard InChI is InChI=1S/C22H21N3O3/c1-13-11-20(26)25(17-8-6-5-7-16(13)17)14(2)21(27)15-9-10-18-19(12-15)24(4)22(28)23(18)3/h5-12,14H,1-4H3. The van der Waals surface area contributed by atoms with Gasteiger partial charge in [0.15, 0.2) is 5.78 Å². The van der Waals surface area contributed by atoms with E-state index in [-0.39, 0.29) is 17.0 Å². The topological polar surface area (TPSA) is 66.0 Å². The van der Waals surface area contributed by atoms with Gasteiger partial charge in [-0.3, -0.25) is 23.3 Å². The predicted molar refractivity (Wildman–Crippen MR) is 110 cm³/mol. The number of ketones is 1. The summed E-state index contributed by atoms with van der Waals surface area (Å²) in [6.45, 7) is 3.63. The molecule has 0 saturated heterocycles. The summed E-state index contributed by atoms with van der Waals surface area (Å²) in [5.41, 5.74) is 3.19. The van der Waals surface area contributed by atoms with Gasteiger partial charge in [0.1, 0.15) is 0 Å². The minimum Gasteiger partial charge on any atom is -0.298 e. The van der Waals surface area contributed by atoms with Crippen molar-refractivity contribution in [3.8, 4) is 0 Å². The number of aryl methyl sites for hydroxylation is 3. The van der Waals surface area contributed by atoms with Crippen LogP contribution in [0.3, 0.4) is 0 Å². The first-order chi connectivity index (χ1) is 13.3. The van der Waals surface area contributed by atoms with Crippen molar-refractivity contribution in [1.82, 2.24) is 13.7 Å². The summed E-state index contributed by atoms with van der Waals surface area (Å²) in [7, 11) is 3.38. The Hall–Kier alpha value is -3.41. The molecule has 0 spiro atoms. The highest BCUT2D eigenvalue weighted by atomic mass is 16.2. The summed E-state index contributed by atoms with van der Waals surface area (Å²) in [4.78, 5) is 38.1. The molecule has 0 aliphatic heterocycles. The number of carbonyl (C=O) groups is 1. The zero-order chi connectivity index (χ0) is 20.2. The van der Waals surface area contributed by atoms with Crippen molar-refractivity contribution < 1.29 is 4.79 Å². The SMILES string of the molecule is Cc1cc(=O)n(C(C)C(=O)c2ccc3c(c2)n(C)c(=O)n3C)c2ccccc12. The maximum atomic E-state index is 13.2. The lowest BCUT2D eigenvalue weighted by atomic mass is 10.0. The maximum absolute atomic E-state index is 13.2. The number of rotatable bonds is 3. The van der Waals surface area contributed by atoms with Gasteiger partial charge in [0.25, 0.3) is 5.56 Å². The van der Waals surface area contributed by atoms with Crippen molar-refractivity contribution >= 4 is 27.7 Å². The van der Waals surface area contributed by atoms with Crippen molar-refractivity contribution in [2.24, 2.45) is 14.1 Å². The molecule has 4 aromatic rings. The van der Waals surface area contributed by atoms with Crippen LogP contribution in [-0.2, 0) is 14.1 Å². The Bertz CT molecular complexity index is 1370. The molecule has 0 radical (unpaired) electrons. The molecule has 2 aromatic carbocycles. The number of carbonyl (C=O) groups excluding carboxylic acids is 1. The molecule has 0 aliphatic rings. The minimum absolute atomic E-state index is 0.145. The number of hydrogen-bond acceptors (Lipinski definition) is 3. The van der Waals surface area contributed by atoms with Crippen LogP contribution in [0.1, 0.15) is 28.9 Å². The van der Waals surface area contributed by atoms with Crippen LogP contribution < -0.4 is 11.2 Å². The van der Waals surface area contributed by atoms with E-state index >= 15 is 0 Å². The normalized spacial score (nSPS) is 12.6. The van der Waals surface area contributed by atoms with E-state index in [0.29, 0.717) is 11.1 Å². The number of Topliss-reactive ketones (excluding diaryl/α,β-unsaturated/α-hetero) is 1. The number of nitrogens with zero attached hydrogens (tertiary/aromatic N) is 3. The Morgan fingerprint density at radius 3 is 2.32 bits per heavy atom. The Morgan fingerprint density at radius 1 is 0.893 bits per heavy atom. The fourth-order valence-corrected chi connectivity index (χ4v) is 3.89. The average Bonchev–Trinajstić information content (AvgIpc) is 2.91. The van der Waals surface area contributed by atoms with E-state index in [4.69, 9.17) is 0 Å². The third kappa shape index (κ3) is 2.52. The minimum atomic E-state index is -0.670. The molecule has 1 unspecified atom stereocenters. The van der Waals surface area contributed by atoms with Crippen LogP contribution in [0, 0.1) is 6.92 Å². The molecule has 0 N–H and O–H groups in total. The van der Waals surface area contributed by atoms with Gasteiger partial charge in [-0.05, 0) is 43.7 Å². The highest BCUT2D eigenvalue weighted by molar-refractivity contribution is 6.02. The van der Waals surface area contributed by atoms with E-state index in [2.05, 4.69) is 0 Å². The zero-order valence-corrected chi connectivity index (χ0v) is 16.3. The van der Waals surface area contributed by atoms with Crippen molar-refractivity contribution in [1.29, 1.82) is 0 Å². The van der Waals surface area contributed by atoms with E-state index < -0.39 is 6.04 Å². The first-order valence-corrected chi connectivity index (χ1v) is 9.12. The maximum Gasteiger partial charge on any atom is 0.328 e. The lowest BCUT2D eigenvalue weighted by molar-refractivity contribution is 0.0935. The van der Waals surface area contributed by atoms with E-state index in [1.807, 2.05) is 31.2 Å². The number of pyridine rings is 1. The molecule has 6 heteroatoms. The summed E-state index contributed by atoms with van der Waals surface area (Å²) < 4.78 is 4.61. The van der Waals surface area contributed by atoms with Gasteiger partial charge in [-0.1, -0.05) is 18.2 Å². The molecule has 4 rings (SSSR count). The number of imidazole rings is 1. The lowest BCUT2D eigenvalue weighted by Gasteiger charge is -2.18. The molecule has 2 heterocycles. The van der Waals surface area contributed by atoms with E-state index in [0.717, 1.165) is 22.0 Å². The molecular weight excluding hydrogens is 354 g/mol. The van der Waals surface area contributed by atoms with Crippen LogP contribution in [0.25, 0.3) is 21.9 Å². The summed E-state index contributed by atoms with van der Waals surface area (Å²) >= 11 is 0. The van der Waals surface area contributed by atoms with E-state index in [9.17, 15) is 14.4 Å². The van der Waals surface area contributed by atoms with Crippen molar-refractivity contribution in [3.63, 3.8) is 0 Å². The smallest absolute Gasteiger partial charge is 0.298 e. The number of aromatic nitrogens is 3. The van der Waals surface area contributed by atoms with Gasteiger partial charge in [0, 0.05) is 31.1 Å². The van der Waals surface area contributed by atoms with Gasteiger partial charge in [-0.15, -0.1) is 0 Å². The van der Waals surface area contributed by atoms with Gasteiger partial charge >= 0.3 is 5.69 Å². The highest BCUT2D eigenvalue weighted by Crippen LogP contribution is 2.23. The van der Waals surface area contributed by atoms with E-state index in [1.54, 1.807) is 54.4 Å². The quantitative estimate of drug-likeness (QED) is 0.517. The highest BCUT2D eigenvalue weighted by Gasteiger charge is 2.21. The predicted octanol–water partition coefficient (Wildman–Crippen LogP) is 2.94. The Kier molecular flexibility index (Phi) is 4.07. The second kappa shape index (κ2) is 6.34. The van der Waals surface area contributed by atoms with Gasteiger partial charge < -0.3 is 0 Å². The molecule has 1 atom stereocenters. The van der Waals surface area contributed by atoms with Crippen molar-refractivity contribution in [2.45, 2.75) is 19.9 Å². The van der Waals surface area contributed by atoms with Crippen LogP contribution in [0.5, 0.6) is 0 Å². The summed E-state index contributed by atoms with van der Waals surface area (Å²) in [6, 6.07) is 13.7. The zero-order valence-electron chi connectivity index (χ0n) is 16.3. The number of fused-ring (bicyclic) bond motifs is 2. The van der Waals surface area contributed by atoms with Crippen molar-refractivity contribution in [2.75, 3.05) is 0 Å². The van der Waals surface area contributed by atoms with Crippen LogP contribution in [-0.4, -0.2) is 19.5 Å². The Labute approximate surface area is 161 Å². The molecule has 0 aliphatic carbocycles. The number of para-hydroxylation sites is 1. The molecule has 142 valence electrons. The summed E-state index contributed by atoms with van der Waals surface area (Å²) in [5.74, 6) is -0.172. The van der Waals surface area contributed by atoms with E-state index in [1.165, 1.54) is 4.57 Å². The third-order valence-corrected chi connectivity index (χ3v) is 5.49. The lowest BCUT2D eigenvalue weighted by Crippen LogP contribution is -2.28. The fourth-order valence-electron chi connectivity index (χ4n) is 3.89. The van der Waals surface area contributed by atoms with Crippen LogP contribution >= 0.6 is 0 Å². The fraction of sp³-hybridized carbons (Fsp3) is 0.227. The Balaban J connectivity index is 1.87. The third-order valence-electron chi connectivity index (χ3n) is 5.49. The molecule has 0 fully saturated rings. The molecule has 0 bridgehead atoms. The monoisotopic (exact) mass is 375 g/mol. The molecule has 28 heavy (non-hydrogen) atoms. The second-order valence-electron chi connectivity index (χ2n) is 7.20. The number of hydrogen-bond donors (Lipinski definition) is 0. The Morgan fingerprint density at radius 2 is 1.57 bits per heavy atom. The molecule has 0 saturated carbocycles. The molecule has 2 aromatic heterocycles. The molecular formula is C22H21N3O3. The largest absolute Gasteiger partial charge is 0.328 e. The van der Waals surface area contributed by atoms with Gasteiger partial charge in [0.05, 0.1) is 22.6 Å². The number of benzene rings is 2. The van der Waals surface area contributed by atoms with Crippen molar-refractivity contribution in [3.05, 3.63) is 80.5 Å². The van der Waals surface area contributed by atoms with Crippen LogP contribution in [0.4, 0.5) is 0 Å². The van der Waals surface area contributed by atoms with Gasteiger partial charge in [0.2, 0.25) is 0 Å². The summed E-state index contributed by atoms with van der Waals surface area (Å²) in [6.07, 6.45) is 0. The van der Waals surface area contributed by atoms with Crippen LogP contribution in [0.15, 0.2) is 58.1 Å². The summed E-state index contributed by atoms with van der Waals surface area (Å²) in [5, 5.41) is 0.947. The average molecular weight is 375 g/mol. The van der Waals surface area contributed by atoms with Gasteiger partial charge in [-0.25, -0.2) is 4.79 Å². The van der Waals surface area contributed by atoms with Crippen LogP contribution in [0.2, 0.25) is 0 Å². The molecule has 6 nitrogen and oxygen atoms in total. The first-order valence-electron chi connectivity index (χ1n) is 9.12. The second-order valence-corrected chi connectivity index (χ2v) is 7.20. The first kappa shape index (κ1) is 18.0.